The highest BCUT2D eigenvalue weighted by molar-refractivity contribution is 5.43. The standard InChI is InChI=1S/C20H27NO2/c1-5-16(3)21-13-17-9-10-19(20(12-17)22-4)23-14-18-8-6-7-15(2)11-18/h6-12,16,21H,5,13-14H2,1-4H3/t16-/m1/s1. The summed E-state index contributed by atoms with van der Waals surface area (Å²) in [5.74, 6) is 1.56. The zero-order valence-corrected chi connectivity index (χ0v) is 14.6. The second-order valence-electron chi connectivity index (χ2n) is 5.95. The molecule has 1 N–H and O–H groups in total. The molecule has 0 saturated heterocycles. The number of hydrogen-bond acceptors (Lipinski definition) is 3. The van der Waals surface area contributed by atoms with Crippen LogP contribution in [0.25, 0.3) is 0 Å². The third kappa shape index (κ3) is 5.29. The van der Waals surface area contributed by atoms with Gasteiger partial charge < -0.3 is 14.8 Å². The molecule has 124 valence electrons. The van der Waals surface area contributed by atoms with Crippen molar-refractivity contribution in [3.05, 3.63) is 59.2 Å². The van der Waals surface area contributed by atoms with Crippen molar-refractivity contribution in [3.8, 4) is 11.5 Å². The number of aryl methyl sites for hydroxylation is 1. The zero-order chi connectivity index (χ0) is 16.7. The molecule has 23 heavy (non-hydrogen) atoms. The van der Waals surface area contributed by atoms with Gasteiger partial charge in [-0.05, 0) is 43.5 Å². The molecule has 0 aliphatic heterocycles. The Kier molecular flexibility index (Phi) is 6.48. The smallest absolute Gasteiger partial charge is 0.161 e. The Labute approximate surface area is 139 Å². The van der Waals surface area contributed by atoms with Gasteiger partial charge in [-0.3, -0.25) is 0 Å². The van der Waals surface area contributed by atoms with E-state index in [9.17, 15) is 0 Å². The highest BCUT2D eigenvalue weighted by atomic mass is 16.5. The van der Waals surface area contributed by atoms with E-state index in [1.807, 2.05) is 12.1 Å². The van der Waals surface area contributed by atoms with Crippen molar-refractivity contribution >= 4 is 0 Å². The lowest BCUT2D eigenvalue weighted by atomic mass is 10.1. The lowest BCUT2D eigenvalue weighted by molar-refractivity contribution is 0.284. The van der Waals surface area contributed by atoms with E-state index < -0.39 is 0 Å². The summed E-state index contributed by atoms with van der Waals surface area (Å²) in [6.07, 6.45) is 1.12. The van der Waals surface area contributed by atoms with Crippen LogP contribution in [0.1, 0.15) is 37.0 Å². The molecule has 2 aromatic rings. The molecule has 0 bridgehead atoms. The van der Waals surface area contributed by atoms with Crippen molar-refractivity contribution in [1.82, 2.24) is 5.32 Å². The molecule has 1 atom stereocenters. The van der Waals surface area contributed by atoms with Crippen molar-refractivity contribution in [1.29, 1.82) is 0 Å². The Morgan fingerprint density at radius 3 is 2.57 bits per heavy atom. The molecule has 0 aromatic heterocycles. The Bertz CT molecular complexity index is 625. The monoisotopic (exact) mass is 313 g/mol. The van der Waals surface area contributed by atoms with Crippen molar-refractivity contribution in [2.75, 3.05) is 7.11 Å². The molecule has 0 aliphatic rings. The van der Waals surface area contributed by atoms with Crippen LogP contribution < -0.4 is 14.8 Å². The Morgan fingerprint density at radius 1 is 1.04 bits per heavy atom. The predicted octanol–water partition coefficient (Wildman–Crippen LogP) is 4.47. The second-order valence-corrected chi connectivity index (χ2v) is 5.95. The fourth-order valence-corrected chi connectivity index (χ4v) is 2.34. The highest BCUT2D eigenvalue weighted by Gasteiger charge is 2.07. The van der Waals surface area contributed by atoms with Crippen molar-refractivity contribution in [3.63, 3.8) is 0 Å². The Hall–Kier alpha value is -2.00. The van der Waals surface area contributed by atoms with Gasteiger partial charge in [-0.1, -0.05) is 42.8 Å². The van der Waals surface area contributed by atoms with E-state index in [2.05, 4.69) is 56.4 Å². The van der Waals surface area contributed by atoms with Crippen LogP contribution in [0.15, 0.2) is 42.5 Å². The first-order valence-electron chi connectivity index (χ1n) is 8.21. The lowest BCUT2D eigenvalue weighted by Gasteiger charge is -2.14. The minimum Gasteiger partial charge on any atom is -0.493 e. The van der Waals surface area contributed by atoms with Crippen LogP contribution in [-0.2, 0) is 13.2 Å². The van der Waals surface area contributed by atoms with Gasteiger partial charge in [-0.25, -0.2) is 0 Å². The predicted molar refractivity (Wildman–Crippen MR) is 95.1 cm³/mol. The van der Waals surface area contributed by atoms with Gasteiger partial charge in [-0.15, -0.1) is 0 Å². The minimum absolute atomic E-state index is 0.512. The van der Waals surface area contributed by atoms with Crippen LogP contribution in [0.2, 0.25) is 0 Å². The number of benzene rings is 2. The maximum absolute atomic E-state index is 5.93. The number of rotatable bonds is 8. The van der Waals surface area contributed by atoms with Crippen molar-refractivity contribution in [2.45, 2.75) is 46.4 Å². The number of hydrogen-bond donors (Lipinski definition) is 1. The fraction of sp³-hybridized carbons (Fsp3) is 0.400. The number of nitrogens with one attached hydrogen (secondary N) is 1. The average Bonchev–Trinajstić information content (AvgIpc) is 2.58. The van der Waals surface area contributed by atoms with E-state index in [4.69, 9.17) is 9.47 Å². The van der Waals surface area contributed by atoms with Crippen LogP contribution in [-0.4, -0.2) is 13.2 Å². The molecule has 0 amide bonds. The molecule has 0 heterocycles. The molecule has 2 rings (SSSR count). The molecule has 2 aromatic carbocycles. The second kappa shape index (κ2) is 8.59. The molecular weight excluding hydrogens is 286 g/mol. The van der Waals surface area contributed by atoms with Gasteiger partial charge in [0.05, 0.1) is 7.11 Å². The van der Waals surface area contributed by atoms with Gasteiger partial charge in [0.15, 0.2) is 11.5 Å². The van der Waals surface area contributed by atoms with Crippen LogP contribution in [0, 0.1) is 6.92 Å². The maximum Gasteiger partial charge on any atom is 0.161 e. The summed E-state index contributed by atoms with van der Waals surface area (Å²) in [6, 6.07) is 15.0. The van der Waals surface area contributed by atoms with Gasteiger partial charge in [0.1, 0.15) is 6.61 Å². The molecule has 3 nitrogen and oxygen atoms in total. The molecule has 0 fully saturated rings. The molecule has 3 heteroatoms. The third-order valence-electron chi connectivity index (χ3n) is 3.97. The first-order chi connectivity index (χ1) is 11.1. The van der Waals surface area contributed by atoms with E-state index in [0.29, 0.717) is 12.6 Å². The lowest BCUT2D eigenvalue weighted by Crippen LogP contribution is -2.24. The molecule has 0 spiro atoms. The quantitative estimate of drug-likeness (QED) is 0.780. The number of ether oxygens (including phenoxy) is 2. The summed E-state index contributed by atoms with van der Waals surface area (Å²) >= 11 is 0. The van der Waals surface area contributed by atoms with Crippen LogP contribution in [0.4, 0.5) is 0 Å². The number of methoxy groups -OCH3 is 1. The SMILES string of the molecule is CC[C@@H](C)NCc1ccc(OCc2cccc(C)c2)c(OC)c1. The Balaban J connectivity index is 2.01. The third-order valence-corrected chi connectivity index (χ3v) is 3.97. The molecule has 0 unspecified atom stereocenters. The molecule has 0 radical (unpaired) electrons. The maximum atomic E-state index is 5.93. The van der Waals surface area contributed by atoms with E-state index in [0.717, 1.165) is 30.0 Å². The van der Waals surface area contributed by atoms with Gasteiger partial charge in [-0.2, -0.15) is 0 Å². The van der Waals surface area contributed by atoms with Crippen molar-refractivity contribution in [2.24, 2.45) is 0 Å². The van der Waals surface area contributed by atoms with Gasteiger partial charge in [0, 0.05) is 12.6 Å². The minimum atomic E-state index is 0.512. The first-order valence-corrected chi connectivity index (χ1v) is 8.21. The summed E-state index contributed by atoms with van der Waals surface area (Å²) in [4.78, 5) is 0. The fourth-order valence-electron chi connectivity index (χ4n) is 2.34. The molecule has 0 saturated carbocycles. The molecule has 0 aliphatic carbocycles. The van der Waals surface area contributed by atoms with Crippen LogP contribution in [0.3, 0.4) is 0 Å². The van der Waals surface area contributed by atoms with Gasteiger partial charge in [0.2, 0.25) is 0 Å². The van der Waals surface area contributed by atoms with E-state index in [-0.39, 0.29) is 0 Å². The largest absolute Gasteiger partial charge is 0.493 e. The summed E-state index contributed by atoms with van der Waals surface area (Å²) < 4.78 is 11.4. The summed E-state index contributed by atoms with van der Waals surface area (Å²) in [7, 11) is 1.68. The van der Waals surface area contributed by atoms with E-state index >= 15 is 0 Å². The highest BCUT2D eigenvalue weighted by Crippen LogP contribution is 2.29. The van der Waals surface area contributed by atoms with Crippen molar-refractivity contribution < 1.29 is 9.47 Å². The molecular formula is C20H27NO2. The van der Waals surface area contributed by atoms with E-state index in [1.165, 1.54) is 11.1 Å². The van der Waals surface area contributed by atoms with Crippen LogP contribution in [0.5, 0.6) is 11.5 Å². The van der Waals surface area contributed by atoms with Gasteiger partial charge in [0.25, 0.3) is 0 Å². The van der Waals surface area contributed by atoms with Gasteiger partial charge >= 0.3 is 0 Å². The normalized spacial score (nSPS) is 12.0. The summed E-state index contributed by atoms with van der Waals surface area (Å²) in [6.45, 7) is 7.84. The zero-order valence-electron chi connectivity index (χ0n) is 14.6. The van der Waals surface area contributed by atoms with E-state index in [1.54, 1.807) is 7.11 Å². The topological polar surface area (TPSA) is 30.5 Å². The van der Waals surface area contributed by atoms with Crippen LogP contribution >= 0.6 is 0 Å². The summed E-state index contributed by atoms with van der Waals surface area (Å²) in [5, 5.41) is 3.49. The first kappa shape index (κ1) is 17.4. The summed E-state index contributed by atoms with van der Waals surface area (Å²) in [5.41, 5.74) is 3.60. The average molecular weight is 313 g/mol. The Morgan fingerprint density at radius 2 is 1.87 bits per heavy atom.